The summed E-state index contributed by atoms with van der Waals surface area (Å²) in [5.41, 5.74) is 0.691. The van der Waals surface area contributed by atoms with Gasteiger partial charge < -0.3 is 9.64 Å². The van der Waals surface area contributed by atoms with Crippen LogP contribution in [0.2, 0.25) is 5.02 Å². The maximum Gasteiger partial charge on any atom is 0.264 e. The zero-order valence-corrected chi connectivity index (χ0v) is 19.7. The third-order valence-electron chi connectivity index (χ3n) is 5.96. The van der Waals surface area contributed by atoms with Crippen LogP contribution >= 0.6 is 11.6 Å². The second-order valence-electron chi connectivity index (χ2n) is 7.87. The number of halogens is 1. The standard InChI is InChI=1S/C23H29ClN2O4S/c1-25(17-8-6-4-5-7-9-17)23(27)21-16-20(14-15-22(21)24)31(28,29)26(2)18-10-12-19(30-3)13-11-18/h10-17H,4-9H2,1-3H3. The predicted molar refractivity (Wildman–Crippen MR) is 124 cm³/mol. The molecule has 1 saturated carbocycles. The van der Waals surface area contributed by atoms with Crippen LogP contribution in [-0.2, 0) is 10.0 Å². The maximum absolute atomic E-state index is 13.2. The molecule has 1 aliphatic rings. The number of methoxy groups -OCH3 is 1. The number of ether oxygens (including phenoxy) is 1. The molecule has 0 saturated heterocycles. The molecule has 0 heterocycles. The van der Waals surface area contributed by atoms with Gasteiger partial charge in [0.15, 0.2) is 0 Å². The number of hydrogen-bond acceptors (Lipinski definition) is 4. The van der Waals surface area contributed by atoms with Crippen LogP contribution in [0.25, 0.3) is 0 Å². The number of rotatable bonds is 6. The van der Waals surface area contributed by atoms with Crippen LogP contribution < -0.4 is 9.04 Å². The molecule has 6 nitrogen and oxygen atoms in total. The summed E-state index contributed by atoms with van der Waals surface area (Å²) in [4.78, 5) is 14.9. The van der Waals surface area contributed by atoms with Crippen LogP contribution in [0.3, 0.4) is 0 Å². The SMILES string of the molecule is COc1ccc(N(C)S(=O)(=O)c2ccc(Cl)c(C(=O)N(C)C3CCCCCC3)c2)cc1. The maximum atomic E-state index is 13.2. The molecule has 1 aliphatic carbocycles. The molecule has 8 heteroatoms. The van der Waals surface area contributed by atoms with Crippen molar-refractivity contribution in [1.82, 2.24) is 4.90 Å². The van der Waals surface area contributed by atoms with Gasteiger partial charge in [-0.15, -0.1) is 0 Å². The first-order valence-corrected chi connectivity index (χ1v) is 12.3. The fourth-order valence-electron chi connectivity index (χ4n) is 3.92. The first kappa shape index (κ1) is 23.4. The molecule has 0 aromatic heterocycles. The molecular formula is C23H29ClN2O4S. The van der Waals surface area contributed by atoms with Gasteiger partial charge in [-0.05, 0) is 55.3 Å². The Bertz CT molecular complexity index is 1020. The number of sulfonamides is 1. The van der Waals surface area contributed by atoms with E-state index in [1.165, 1.54) is 42.4 Å². The van der Waals surface area contributed by atoms with E-state index in [1.807, 2.05) is 0 Å². The normalized spacial score (nSPS) is 15.2. The fraction of sp³-hybridized carbons (Fsp3) is 0.435. The van der Waals surface area contributed by atoms with Crippen LogP contribution in [0.5, 0.6) is 5.75 Å². The van der Waals surface area contributed by atoms with Crippen molar-refractivity contribution in [3.05, 3.63) is 53.1 Å². The first-order valence-electron chi connectivity index (χ1n) is 10.5. The van der Waals surface area contributed by atoms with E-state index in [0.29, 0.717) is 11.4 Å². The van der Waals surface area contributed by atoms with E-state index in [-0.39, 0.29) is 27.4 Å². The molecular weight excluding hydrogens is 436 g/mol. The Morgan fingerprint density at radius 2 is 1.61 bits per heavy atom. The quantitative estimate of drug-likeness (QED) is 0.566. The van der Waals surface area contributed by atoms with Gasteiger partial charge in [-0.3, -0.25) is 9.10 Å². The van der Waals surface area contributed by atoms with Crippen LogP contribution in [0.15, 0.2) is 47.4 Å². The van der Waals surface area contributed by atoms with Gasteiger partial charge in [0.2, 0.25) is 0 Å². The highest BCUT2D eigenvalue weighted by molar-refractivity contribution is 7.92. The molecule has 2 aromatic carbocycles. The summed E-state index contributed by atoms with van der Waals surface area (Å²) in [6.07, 6.45) is 6.47. The molecule has 168 valence electrons. The Morgan fingerprint density at radius 1 is 1.00 bits per heavy atom. The van der Waals surface area contributed by atoms with E-state index in [1.54, 1.807) is 43.3 Å². The van der Waals surface area contributed by atoms with Crippen LogP contribution in [0.4, 0.5) is 5.69 Å². The van der Waals surface area contributed by atoms with E-state index in [2.05, 4.69) is 0 Å². The van der Waals surface area contributed by atoms with Crippen LogP contribution in [-0.4, -0.2) is 46.5 Å². The van der Waals surface area contributed by atoms with Crippen molar-refractivity contribution in [2.45, 2.75) is 49.5 Å². The Balaban J connectivity index is 1.88. The highest BCUT2D eigenvalue weighted by atomic mass is 35.5. The van der Waals surface area contributed by atoms with Crippen molar-refractivity contribution in [2.75, 3.05) is 25.5 Å². The highest BCUT2D eigenvalue weighted by Crippen LogP contribution is 2.29. The summed E-state index contributed by atoms with van der Waals surface area (Å²) in [6.45, 7) is 0. The molecule has 0 aliphatic heterocycles. The lowest BCUT2D eigenvalue weighted by Gasteiger charge is -2.28. The number of carbonyl (C=O) groups is 1. The zero-order chi connectivity index (χ0) is 22.6. The van der Waals surface area contributed by atoms with Gasteiger partial charge in [-0.2, -0.15) is 0 Å². The van der Waals surface area contributed by atoms with E-state index < -0.39 is 10.0 Å². The highest BCUT2D eigenvalue weighted by Gasteiger charge is 2.27. The lowest BCUT2D eigenvalue weighted by atomic mass is 10.1. The Morgan fingerprint density at radius 3 is 2.19 bits per heavy atom. The molecule has 0 radical (unpaired) electrons. The van der Waals surface area contributed by atoms with Crippen molar-refractivity contribution in [2.24, 2.45) is 0 Å². The predicted octanol–water partition coefficient (Wildman–Crippen LogP) is 4.97. The second-order valence-corrected chi connectivity index (χ2v) is 10.3. The zero-order valence-electron chi connectivity index (χ0n) is 18.2. The van der Waals surface area contributed by atoms with Crippen molar-refractivity contribution in [3.8, 4) is 5.75 Å². The molecule has 31 heavy (non-hydrogen) atoms. The minimum atomic E-state index is -3.88. The average molecular weight is 465 g/mol. The van der Waals surface area contributed by atoms with Gasteiger partial charge >= 0.3 is 0 Å². The van der Waals surface area contributed by atoms with E-state index >= 15 is 0 Å². The third kappa shape index (κ3) is 5.15. The fourth-order valence-corrected chi connectivity index (χ4v) is 5.34. The van der Waals surface area contributed by atoms with E-state index in [0.717, 1.165) is 25.7 Å². The molecule has 3 rings (SSSR count). The summed E-state index contributed by atoms with van der Waals surface area (Å²) < 4.78 is 32.7. The molecule has 1 amide bonds. The van der Waals surface area contributed by atoms with Crippen molar-refractivity contribution in [3.63, 3.8) is 0 Å². The van der Waals surface area contributed by atoms with Crippen molar-refractivity contribution >= 4 is 33.2 Å². The minimum absolute atomic E-state index is 0.0211. The molecule has 0 bridgehead atoms. The minimum Gasteiger partial charge on any atom is -0.497 e. The Hall–Kier alpha value is -2.25. The largest absolute Gasteiger partial charge is 0.497 e. The van der Waals surface area contributed by atoms with Gasteiger partial charge in [0.1, 0.15) is 5.75 Å². The summed E-state index contributed by atoms with van der Waals surface area (Å²) in [5.74, 6) is 0.386. The lowest BCUT2D eigenvalue weighted by molar-refractivity contribution is 0.0717. The van der Waals surface area contributed by atoms with Crippen LogP contribution in [0, 0.1) is 0 Å². The number of carbonyl (C=O) groups excluding carboxylic acids is 1. The first-order chi connectivity index (χ1) is 14.8. The number of anilines is 1. The summed E-state index contributed by atoms with van der Waals surface area (Å²) in [5, 5.41) is 0.247. The molecule has 0 atom stereocenters. The van der Waals surface area contributed by atoms with Gasteiger partial charge in [0, 0.05) is 20.1 Å². The molecule has 0 N–H and O–H groups in total. The molecule has 0 unspecified atom stereocenters. The van der Waals surface area contributed by atoms with Gasteiger partial charge in [-0.25, -0.2) is 8.42 Å². The van der Waals surface area contributed by atoms with Gasteiger partial charge in [0.25, 0.3) is 15.9 Å². The number of benzene rings is 2. The van der Waals surface area contributed by atoms with Gasteiger partial charge in [-0.1, -0.05) is 37.3 Å². The topological polar surface area (TPSA) is 66.9 Å². The van der Waals surface area contributed by atoms with Crippen molar-refractivity contribution < 1.29 is 17.9 Å². The Labute approximate surface area is 189 Å². The average Bonchev–Trinajstić information content (AvgIpc) is 3.07. The van der Waals surface area contributed by atoms with Gasteiger partial charge in [0.05, 0.1) is 28.3 Å². The van der Waals surface area contributed by atoms with E-state index in [4.69, 9.17) is 16.3 Å². The second kappa shape index (κ2) is 9.92. The molecule has 1 fully saturated rings. The number of hydrogen-bond donors (Lipinski definition) is 0. The van der Waals surface area contributed by atoms with Crippen LogP contribution in [0.1, 0.15) is 48.9 Å². The summed E-state index contributed by atoms with van der Waals surface area (Å²) in [6, 6.07) is 11.2. The Kier molecular flexibility index (Phi) is 7.49. The molecule has 2 aromatic rings. The third-order valence-corrected chi connectivity index (χ3v) is 8.07. The lowest BCUT2D eigenvalue weighted by Crippen LogP contribution is -2.37. The monoisotopic (exact) mass is 464 g/mol. The number of nitrogens with zero attached hydrogens (tertiary/aromatic N) is 2. The summed E-state index contributed by atoms with van der Waals surface area (Å²) >= 11 is 6.32. The van der Waals surface area contributed by atoms with Crippen molar-refractivity contribution in [1.29, 1.82) is 0 Å². The number of amides is 1. The van der Waals surface area contributed by atoms with E-state index in [9.17, 15) is 13.2 Å². The smallest absolute Gasteiger partial charge is 0.264 e. The molecule has 0 spiro atoms. The summed E-state index contributed by atoms with van der Waals surface area (Å²) in [7, 11) is 0.926.